The molecule has 0 atom stereocenters. The van der Waals surface area contributed by atoms with Crippen molar-refractivity contribution in [3.63, 3.8) is 0 Å². The number of rotatable bonds is 16. The molecule has 0 saturated carbocycles. The summed E-state index contributed by atoms with van der Waals surface area (Å²) in [5.74, 6) is 1.46. The summed E-state index contributed by atoms with van der Waals surface area (Å²) in [4.78, 5) is 0. The Balaban J connectivity index is 1.93. The minimum atomic E-state index is 0.728. The highest BCUT2D eigenvalue weighted by Gasteiger charge is 2.09. The van der Waals surface area contributed by atoms with Crippen molar-refractivity contribution in [2.24, 2.45) is 11.8 Å². The fraction of sp³-hybridized carbons (Fsp3) is 0.833. The second kappa shape index (κ2) is 16.0. The third kappa shape index (κ3) is 11.9. The summed E-state index contributed by atoms with van der Waals surface area (Å²) in [7, 11) is 0. The summed E-state index contributed by atoms with van der Waals surface area (Å²) in [6, 6.07) is 0. The first-order valence-corrected chi connectivity index (χ1v) is 11.2. The van der Waals surface area contributed by atoms with Crippen LogP contribution in [0.25, 0.3) is 0 Å². The molecule has 0 aromatic carbocycles. The van der Waals surface area contributed by atoms with Crippen LogP contribution in [0.15, 0.2) is 24.3 Å². The Kier molecular flexibility index (Phi) is 14.3. The average Bonchev–Trinajstić information content (AvgIpc) is 2.61. The average molecular weight is 333 g/mol. The van der Waals surface area contributed by atoms with Crippen molar-refractivity contribution in [3.05, 3.63) is 24.3 Å². The van der Waals surface area contributed by atoms with Gasteiger partial charge in [0, 0.05) is 0 Å². The monoisotopic (exact) mass is 332 g/mol. The van der Waals surface area contributed by atoms with Crippen molar-refractivity contribution in [3.8, 4) is 0 Å². The van der Waals surface area contributed by atoms with E-state index in [1.165, 1.54) is 103 Å². The maximum Gasteiger partial charge on any atom is -0.00531 e. The molecule has 0 aromatic rings. The first kappa shape index (κ1) is 21.5. The molecule has 0 heterocycles. The van der Waals surface area contributed by atoms with Gasteiger partial charge in [0.2, 0.25) is 0 Å². The minimum absolute atomic E-state index is 0.728. The molecule has 1 rings (SSSR count). The van der Waals surface area contributed by atoms with Crippen LogP contribution >= 0.6 is 0 Å². The second-order valence-corrected chi connectivity index (χ2v) is 7.92. The van der Waals surface area contributed by atoms with E-state index in [-0.39, 0.29) is 0 Å². The maximum absolute atomic E-state index is 2.49. The maximum atomic E-state index is 2.49. The van der Waals surface area contributed by atoms with Crippen molar-refractivity contribution >= 4 is 0 Å². The van der Waals surface area contributed by atoms with Crippen LogP contribution in [0.2, 0.25) is 0 Å². The Morgan fingerprint density at radius 1 is 0.417 bits per heavy atom. The van der Waals surface area contributed by atoms with Gasteiger partial charge < -0.3 is 0 Å². The molecule has 0 amide bonds. The van der Waals surface area contributed by atoms with Gasteiger partial charge in [-0.3, -0.25) is 0 Å². The van der Waals surface area contributed by atoms with E-state index < -0.39 is 0 Å². The first-order chi connectivity index (χ1) is 11.9. The van der Waals surface area contributed by atoms with E-state index in [2.05, 4.69) is 38.2 Å². The van der Waals surface area contributed by atoms with E-state index in [1.54, 1.807) is 0 Å². The highest BCUT2D eigenvalue weighted by Crippen LogP contribution is 2.24. The van der Waals surface area contributed by atoms with Gasteiger partial charge in [0.1, 0.15) is 0 Å². The Morgan fingerprint density at radius 3 is 1.04 bits per heavy atom. The molecule has 0 fully saturated rings. The Labute approximate surface area is 153 Å². The lowest BCUT2D eigenvalue weighted by Crippen LogP contribution is -2.02. The molecule has 1 aliphatic rings. The largest absolute Gasteiger partial charge is 0.0810 e. The number of unbranched alkanes of at least 4 members (excludes halogenated alkanes) is 12. The van der Waals surface area contributed by atoms with Gasteiger partial charge in [-0.1, -0.05) is 128 Å². The zero-order valence-electron chi connectivity index (χ0n) is 16.8. The molecule has 0 N–H and O–H groups in total. The van der Waals surface area contributed by atoms with Crippen LogP contribution < -0.4 is 0 Å². The lowest BCUT2D eigenvalue weighted by atomic mass is 9.89. The smallest absolute Gasteiger partial charge is 0.00531 e. The molecular formula is C24H44. The molecule has 0 spiro atoms. The molecule has 0 nitrogen and oxygen atoms in total. The SMILES string of the molecule is CCCCCCCCCC1C=CC(CCCCCCCCC)C=C1. The Bertz CT molecular complexity index is 268. The lowest BCUT2D eigenvalue weighted by molar-refractivity contribution is 0.535. The van der Waals surface area contributed by atoms with Crippen molar-refractivity contribution in [2.45, 2.75) is 117 Å². The quantitative estimate of drug-likeness (QED) is 0.196. The van der Waals surface area contributed by atoms with Crippen LogP contribution in [-0.4, -0.2) is 0 Å². The second-order valence-electron chi connectivity index (χ2n) is 7.92. The van der Waals surface area contributed by atoms with Crippen molar-refractivity contribution in [1.82, 2.24) is 0 Å². The number of allylic oxidation sites excluding steroid dienone is 4. The lowest BCUT2D eigenvalue weighted by Gasteiger charge is -2.17. The van der Waals surface area contributed by atoms with E-state index in [0.29, 0.717) is 0 Å². The predicted molar refractivity (Wildman–Crippen MR) is 110 cm³/mol. The summed E-state index contributed by atoms with van der Waals surface area (Å²) in [6.07, 6.45) is 32.6. The topological polar surface area (TPSA) is 0 Å². The summed E-state index contributed by atoms with van der Waals surface area (Å²) in [6.45, 7) is 4.59. The van der Waals surface area contributed by atoms with E-state index >= 15 is 0 Å². The molecule has 0 bridgehead atoms. The highest BCUT2D eigenvalue weighted by atomic mass is 14.1. The Hall–Kier alpha value is -0.520. The third-order valence-corrected chi connectivity index (χ3v) is 5.49. The van der Waals surface area contributed by atoms with Crippen LogP contribution in [0.3, 0.4) is 0 Å². The minimum Gasteiger partial charge on any atom is -0.0810 e. The standard InChI is InChI=1S/C24H44/c1-3-5-7-9-11-13-15-17-23-19-21-24(22-20-23)18-16-14-12-10-8-6-4-2/h19-24H,3-18H2,1-2H3. The predicted octanol–water partition coefficient (Wildman–Crippen LogP) is 8.63. The summed E-state index contributed by atoms with van der Waals surface area (Å²) >= 11 is 0. The molecule has 0 saturated heterocycles. The number of hydrogen-bond donors (Lipinski definition) is 0. The molecule has 0 heteroatoms. The highest BCUT2D eigenvalue weighted by molar-refractivity contribution is 5.13. The third-order valence-electron chi connectivity index (χ3n) is 5.49. The fourth-order valence-corrected chi connectivity index (χ4v) is 3.76. The van der Waals surface area contributed by atoms with Gasteiger partial charge in [0.05, 0.1) is 0 Å². The molecule has 24 heavy (non-hydrogen) atoms. The van der Waals surface area contributed by atoms with Crippen molar-refractivity contribution < 1.29 is 0 Å². The van der Waals surface area contributed by atoms with Crippen molar-refractivity contribution in [1.29, 1.82) is 0 Å². The van der Waals surface area contributed by atoms with E-state index in [9.17, 15) is 0 Å². The fourth-order valence-electron chi connectivity index (χ4n) is 3.76. The molecular weight excluding hydrogens is 288 g/mol. The van der Waals surface area contributed by atoms with Gasteiger partial charge in [-0.15, -0.1) is 0 Å². The van der Waals surface area contributed by atoms with Crippen LogP contribution in [-0.2, 0) is 0 Å². The molecule has 0 aromatic heterocycles. The molecule has 0 radical (unpaired) electrons. The van der Waals surface area contributed by atoms with Gasteiger partial charge >= 0.3 is 0 Å². The van der Waals surface area contributed by atoms with Crippen LogP contribution in [0.4, 0.5) is 0 Å². The summed E-state index contributed by atoms with van der Waals surface area (Å²) < 4.78 is 0. The zero-order valence-corrected chi connectivity index (χ0v) is 16.8. The summed E-state index contributed by atoms with van der Waals surface area (Å²) in [5, 5.41) is 0. The van der Waals surface area contributed by atoms with Crippen LogP contribution in [0.1, 0.15) is 117 Å². The van der Waals surface area contributed by atoms with Gasteiger partial charge in [-0.05, 0) is 24.7 Å². The molecule has 0 aliphatic heterocycles. The van der Waals surface area contributed by atoms with Crippen LogP contribution in [0, 0.1) is 11.8 Å². The van der Waals surface area contributed by atoms with Crippen LogP contribution in [0.5, 0.6) is 0 Å². The molecule has 140 valence electrons. The van der Waals surface area contributed by atoms with Crippen molar-refractivity contribution in [2.75, 3.05) is 0 Å². The Morgan fingerprint density at radius 2 is 0.708 bits per heavy atom. The summed E-state index contributed by atoms with van der Waals surface area (Å²) in [5.41, 5.74) is 0. The van der Waals surface area contributed by atoms with Gasteiger partial charge in [-0.2, -0.15) is 0 Å². The molecule has 0 unspecified atom stereocenters. The van der Waals surface area contributed by atoms with Gasteiger partial charge in [0.15, 0.2) is 0 Å². The van der Waals surface area contributed by atoms with E-state index in [1.807, 2.05) is 0 Å². The normalized spacial score (nSPS) is 19.9. The van der Waals surface area contributed by atoms with E-state index in [4.69, 9.17) is 0 Å². The van der Waals surface area contributed by atoms with Gasteiger partial charge in [0.25, 0.3) is 0 Å². The zero-order chi connectivity index (χ0) is 17.3. The van der Waals surface area contributed by atoms with E-state index in [0.717, 1.165) is 11.8 Å². The molecule has 1 aliphatic carbocycles. The van der Waals surface area contributed by atoms with Gasteiger partial charge in [-0.25, -0.2) is 0 Å². The number of hydrogen-bond acceptors (Lipinski definition) is 0. The first-order valence-electron chi connectivity index (χ1n) is 11.2.